The molecule has 94 valence electrons. The predicted octanol–water partition coefficient (Wildman–Crippen LogP) is 3.64. The van der Waals surface area contributed by atoms with Crippen LogP contribution in [0.5, 0.6) is 5.75 Å². The molecular weight excluding hydrogens is 210 g/mol. The Morgan fingerprint density at radius 3 is 2.35 bits per heavy atom. The summed E-state index contributed by atoms with van der Waals surface area (Å²) in [6.45, 7) is 6.54. The molecule has 1 saturated heterocycles. The van der Waals surface area contributed by atoms with Crippen molar-refractivity contribution in [2.45, 2.75) is 45.6 Å². The molecule has 1 aromatic carbocycles. The van der Waals surface area contributed by atoms with Crippen LogP contribution in [-0.4, -0.2) is 23.1 Å². The highest BCUT2D eigenvalue weighted by Gasteiger charge is 2.19. The molecule has 2 heteroatoms. The number of rotatable bonds is 2. The van der Waals surface area contributed by atoms with Crippen molar-refractivity contribution in [3.8, 4) is 5.75 Å². The van der Waals surface area contributed by atoms with Gasteiger partial charge in [0.2, 0.25) is 0 Å². The lowest BCUT2D eigenvalue weighted by atomic mass is 10.0. The predicted molar refractivity (Wildman–Crippen MR) is 71.3 cm³/mol. The van der Waals surface area contributed by atoms with Crippen LogP contribution < -0.4 is 0 Å². The van der Waals surface area contributed by atoms with Gasteiger partial charge in [-0.3, -0.25) is 4.90 Å². The lowest BCUT2D eigenvalue weighted by molar-refractivity contribution is 0.215. The van der Waals surface area contributed by atoms with E-state index in [1.165, 1.54) is 25.7 Å². The third kappa shape index (κ3) is 3.01. The Kier molecular flexibility index (Phi) is 4.06. The highest BCUT2D eigenvalue weighted by molar-refractivity contribution is 5.37. The number of nitrogens with zero attached hydrogens (tertiary/aromatic N) is 1. The monoisotopic (exact) mass is 233 g/mol. The van der Waals surface area contributed by atoms with Gasteiger partial charge >= 0.3 is 0 Å². The van der Waals surface area contributed by atoms with E-state index in [2.05, 4.69) is 24.0 Å². The molecule has 0 amide bonds. The van der Waals surface area contributed by atoms with Crippen LogP contribution in [0.25, 0.3) is 0 Å². The molecule has 1 aromatic rings. The second-order valence-corrected chi connectivity index (χ2v) is 5.19. The van der Waals surface area contributed by atoms with Crippen molar-refractivity contribution in [3.05, 3.63) is 29.3 Å². The molecule has 2 rings (SSSR count). The fourth-order valence-corrected chi connectivity index (χ4v) is 2.69. The molecule has 17 heavy (non-hydrogen) atoms. The summed E-state index contributed by atoms with van der Waals surface area (Å²) in [6, 6.07) is 6.35. The molecule has 0 spiro atoms. The number of aromatic hydroxyl groups is 1. The van der Waals surface area contributed by atoms with E-state index < -0.39 is 0 Å². The molecule has 1 atom stereocenters. The standard InChI is InChI=1S/C15H23NO/c1-12-7-8-14(15(17)11-12)13(2)16-9-5-3-4-6-10-16/h7-8,11,13,17H,3-6,9-10H2,1-2H3. The van der Waals surface area contributed by atoms with Gasteiger partial charge in [0, 0.05) is 11.6 Å². The van der Waals surface area contributed by atoms with E-state index in [9.17, 15) is 5.11 Å². The van der Waals surface area contributed by atoms with Gasteiger partial charge in [0.25, 0.3) is 0 Å². The average Bonchev–Trinajstić information content (AvgIpc) is 2.56. The summed E-state index contributed by atoms with van der Waals surface area (Å²) >= 11 is 0. The quantitative estimate of drug-likeness (QED) is 0.843. The topological polar surface area (TPSA) is 23.5 Å². The number of hydrogen-bond acceptors (Lipinski definition) is 2. The van der Waals surface area contributed by atoms with Crippen LogP contribution in [-0.2, 0) is 0 Å². The van der Waals surface area contributed by atoms with Crippen molar-refractivity contribution >= 4 is 0 Å². The highest BCUT2D eigenvalue weighted by atomic mass is 16.3. The van der Waals surface area contributed by atoms with Crippen LogP contribution >= 0.6 is 0 Å². The number of aryl methyl sites for hydroxylation is 1. The second-order valence-electron chi connectivity index (χ2n) is 5.19. The van der Waals surface area contributed by atoms with E-state index in [4.69, 9.17) is 0 Å². The van der Waals surface area contributed by atoms with E-state index >= 15 is 0 Å². The number of likely N-dealkylation sites (tertiary alicyclic amines) is 1. The zero-order valence-corrected chi connectivity index (χ0v) is 10.9. The van der Waals surface area contributed by atoms with Gasteiger partial charge < -0.3 is 5.11 Å². The van der Waals surface area contributed by atoms with Gasteiger partial charge in [0.15, 0.2) is 0 Å². The Labute approximate surface area is 104 Å². The summed E-state index contributed by atoms with van der Waals surface area (Å²) in [4.78, 5) is 2.50. The summed E-state index contributed by atoms with van der Waals surface area (Å²) in [7, 11) is 0. The largest absolute Gasteiger partial charge is 0.508 e. The highest BCUT2D eigenvalue weighted by Crippen LogP contribution is 2.30. The fourth-order valence-electron chi connectivity index (χ4n) is 2.69. The van der Waals surface area contributed by atoms with Crippen LogP contribution in [0.1, 0.15) is 49.8 Å². The van der Waals surface area contributed by atoms with Crippen molar-refractivity contribution in [2.24, 2.45) is 0 Å². The smallest absolute Gasteiger partial charge is 0.120 e. The number of phenols is 1. The first-order valence-corrected chi connectivity index (χ1v) is 6.72. The minimum Gasteiger partial charge on any atom is -0.508 e. The van der Waals surface area contributed by atoms with Gasteiger partial charge in [-0.15, -0.1) is 0 Å². The third-order valence-electron chi connectivity index (χ3n) is 3.82. The maximum absolute atomic E-state index is 10.0. The van der Waals surface area contributed by atoms with Gasteiger partial charge in [-0.1, -0.05) is 25.0 Å². The Morgan fingerprint density at radius 1 is 1.12 bits per heavy atom. The van der Waals surface area contributed by atoms with Gasteiger partial charge in [-0.05, 0) is 51.4 Å². The van der Waals surface area contributed by atoms with Crippen LogP contribution in [0.3, 0.4) is 0 Å². The number of phenolic OH excluding ortho intramolecular Hbond substituents is 1. The lowest BCUT2D eigenvalue weighted by Gasteiger charge is -2.28. The maximum Gasteiger partial charge on any atom is 0.120 e. The first kappa shape index (κ1) is 12.4. The first-order valence-electron chi connectivity index (χ1n) is 6.72. The minimum absolute atomic E-state index is 0.327. The second kappa shape index (κ2) is 5.54. The minimum atomic E-state index is 0.327. The lowest BCUT2D eigenvalue weighted by Crippen LogP contribution is -2.28. The molecule has 0 aliphatic carbocycles. The van der Waals surface area contributed by atoms with Gasteiger partial charge in [0.05, 0.1) is 0 Å². The van der Waals surface area contributed by atoms with Crippen LogP contribution in [0.2, 0.25) is 0 Å². The molecule has 1 fully saturated rings. The SMILES string of the molecule is Cc1ccc(C(C)N2CCCCCC2)c(O)c1. The van der Waals surface area contributed by atoms with Crippen molar-refractivity contribution in [1.29, 1.82) is 0 Å². The zero-order chi connectivity index (χ0) is 12.3. The normalized spacial score (nSPS) is 19.9. The summed E-state index contributed by atoms with van der Waals surface area (Å²) in [5.41, 5.74) is 2.19. The Bertz CT molecular complexity index is 367. The molecule has 0 aromatic heterocycles. The van der Waals surface area contributed by atoms with Crippen LogP contribution in [0.4, 0.5) is 0 Å². The molecule has 0 radical (unpaired) electrons. The van der Waals surface area contributed by atoms with E-state index in [1.54, 1.807) is 0 Å². The van der Waals surface area contributed by atoms with E-state index in [0.717, 1.165) is 24.2 Å². The number of hydrogen-bond donors (Lipinski definition) is 1. The van der Waals surface area contributed by atoms with E-state index in [-0.39, 0.29) is 0 Å². The molecule has 1 aliphatic rings. The molecular formula is C15H23NO. The fraction of sp³-hybridized carbons (Fsp3) is 0.600. The summed E-state index contributed by atoms with van der Waals surface area (Å²) < 4.78 is 0. The third-order valence-corrected chi connectivity index (χ3v) is 3.82. The van der Waals surface area contributed by atoms with Gasteiger partial charge in [0.1, 0.15) is 5.75 Å². The number of benzene rings is 1. The summed E-state index contributed by atoms with van der Waals surface area (Å²) in [5.74, 6) is 0.446. The van der Waals surface area contributed by atoms with Crippen molar-refractivity contribution in [1.82, 2.24) is 4.90 Å². The molecule has 2 nitrogen and oxygen atoms in total. The summed E-state index contributed by atoms with van der Waals surface area (Å²) in [6.07, 6.45) is 5.28. The molecule has 1 N–H and O–H groups in total. The first-order chi connectivity index (χ1) is 8.18. The molecule has 1 heterocycles. The Balaban J connectivity index is 2.14. The van der Waals surface area contributed by atoms with Crippen LogP contribution in [0.15, 0.2) is 18.2 Å². The Hall–Kier alpha value is -1.02. The van der Waals surface area contributed by atoms with Gasteiger partial charge in [-0.2, -0.15) is 0 Å². The van der Waals surface area contributed by atoms with Crippen molar-refractivity contribution in [2.75, 3.05) is 13.1 Å². The van der Waals surface area contributed by atoms with E-state index in [1.807, 2.05) is 13.0 Å². The van der Waals surface area contributed by atoms with E-state index in [0.29, 0.717) is 11.8 Å². The van der Waals surface area contributed by atoms with Crippen LogP contribution in [0, 0.1) is 6.92 Å². The molecule has 0 saturated carbocycles. The van der Waals surface area contributed by atoms with Crippen molar-refractivity contribution in [3.63, 3.8) is 0 Å². The van der Waals surface area contributed by atoms with Gasteiger partial charge in [-0.25, -0.2) is 0 Å². The molecule has 0 bridgehead atoms. The average molecular weight is 233 g/mol. The Morgan fingerprint density at radius 2 is 1.76 bits per heavy atom. The summed E-state index contributed by atoms with van der Waals surface area (Å²) in [5, 5.41) is 10.0. The maximum atomic E-state index is 10.0. The molecule has 1 unspecified atom stereocenters. The zero-order valence-electron chi connectivity index (χ0n) is 10.9. The molecule has 1 aliphatic heterocycles. The van der Waals surface area contributed by atoms with Crippen molar-refractivity contribution < 1.29 is 5.11 Å².